The van der Waals surface area contributed by atoms with Gasteiger partial charge in [-0.05, 0) is 37.0 Å². The van der Waals surface area contributed by atoms with Crippen LogP contribution in [-0.2, 0) is 16.5 Å². The number of benzene rings is 1. The predicted octanol–water partition coefficient (Wildman–Crippen LogP) is -1.04. The average molecular weight is 296 g/mol. The van der Waals surface area contributed by atoms with Crippen molar-refractivity contribution in [3.63, 3.8) is 0 Å². The van der Waals surface area contributed by atoms with Crippen molar-refractivity contribution >= 4 is 10.1 Å². The van der Waals surface area contributed by atoms with Gasteiger partial charge in [-0.15, -0.1) is 0 Å². The maximum absolute atomic E-state index is 10.3. The quantitative estimate of drug-likeness (QED) is 0.366. The molecule has 18 heavy (non-hydrogen) atoms. The molecule has 6 heteroatoms. The first kappa shape index (κ1) is 18.6. The smallest absolute Gasteiger partial charge is 0.748 e. The minimum Gasteiger partial charge on any atom is -0.748 e. The average Bonchev–Trinajstić information content (AvgIpc) is 2.28. The Kier molecular flexibility index (Phi) is 9.76. The third kappa shape index (κ3) is 8.63. The van der Waals surface area contributed by atoms with Gasteiger partial charge in [0.25, 0.3) is 0 Å². The number of hydrogen-bond donors (Lipinski definition) is 0. The molecule has 0 aliphatic rings. The Bertz CT molecular complexity index is 428. The van der Waals surface area contributed by atoms with E-state index in [-0.39, 0.29) is 57.1 Å². The molecular weight excluding hydrogens is 279 g/mol. The molecule has 0 saturated heterocycles. The van der Waals surface area contributed by atoms with Crippen molar-refractivity contribution in [2.24, 2.45) is 0 Å². The molecule has 1 aromatic rings. The molecule has 0 spiro atoms. The predicted molar refractivity (Wildman–Crippen MR) is 65.1 cm³/mol. The molecule has 0 saturated carbocycles. The van der Waals surface area contributed by atoms with E-state index in [1.54, 1.807) is 0 Å². The van der Waals surface area contributed by atoms with E-state index in [1.165, 1.54) is 5.56 Å². The van der Waals surface area contributed by atoms with Gasteiger partial charge in [0, 0.05) is 5.75 Å². The molecule has 0 unspecified atom stereocenters. The molecule has 0 aliphatic heterocycles. The summed E-state index contributed by atoms with van der Waals surface area (Å²) in [5.41, 5.74) is 1.25. The van der Waals surface area contributed by atoms with Gasteiger partial charge in [-0.2, -0.15) is 0 Å². The van der Waals surface area contributed by atoms with Gasteiger partial charge in [-0.3, -0.25) is 0 Å². The fourth-order valence-electron chi connectivity index (χ4n) is 1.39. The summed E-state index contributed by atoms with van der Waals surface area (Å²) in [5, 5.41) is 0. The number of aryl methyl sites for hydroxylation is 1. The van der Waals surface area contributed by atoms with Crippen LogP contribution < -0.4 is 56.1 Å². The van der Waals surface area contributed by atoms with Crippen molar-refractivity contribution in [3.8, 4) is 5.75 Å². The summed E-state index contributed by atoms with van der Waals surface area (Å²) in [6, 6.07) is 7.78. The Balaban J connectivity index is 0.00000289. The molecule has 96 valence electrons. The van der Waals surface area contributed by atoms with Crippen LogP contribution in [0.3, 0.4) is 0 Å². The standard InChI is InChI=1S/C12H18O4S.K/c1-2-11-5-7-12(8-6-11)16-9-3-4-10-17(13,14)15;/h5-8H,2-4,9-10H2,1H3,(H,13,14,15);/q;+1/p-1. The molecule has 0 aliphatic carbocycles. The summed E-state index contributed by atoms with van der Waals surface area (Å²) in [7, 11) is -4.08. The molecule has 0 atom stereocenters. The molecule has 0 heterocycles. The van der Waals surface area contributed by atoms with Crippen molar-refractivity contribution in [2.75, 3.05) is 12.4 Å². The Morgan fingerprint density at radius 1 is 1.17 bits per heavy atom. The van der Waals surface area contributed by atoms with E-state index in [4.69, 9.17) is 4.74 Å². The van der Waals surface area contributed by atoms with Crippen LogP contribution in [0.1, 0.15) is 25.3 Å². The molecule has 0 aromatic heterocycles. The van der Waals surface area contributed by atoms with Crippen LogP contribution in [0, 0.1) is 0 Å². The zero-order valence-electron chi connectivity index (χ0n) is 10.9. The maximum atomic E-state index is 10.3. The van der Waals surface area contributed by atoms with Crippen molar-refractivity contribution in [3.05, 3.63) is 29.8 Å². The van der Waals surface area contributed by atoms with E-state index in [1.807, 2.05) is 24.3 Å². The van der Waals surface area contributed by atoms with Gasteiger partial charge in [0.2, 0.25) is 0 Å². The summed E-state index contributed by atoms with van der Waals surface area (Å²) < 4.78 is 36.4. The SMILES string of the molecule is CCc1ccc(OCCCCS(=O)(=O)[O-])cc1.[K+]. The second kappa shape index (κ2) is 9.47. The summed E-state index contributed by atoms with van der Waals surface area (Å²) in [6.45, 7) is 2.51. The third-order valence-electron chi connectivity index (χ3n) is 2.39. The number of hydrogen-bond acceptors (Lipinski definition) is 4. The topological polar surface area (TPSA) is 66.4 Å². The first-order chi connectivity index (χ1) is 8.01. The van der Waals surface area contributed by atoms with Gasteiger partial charge in [-0.1, -0.05) is 19.1 Å². The number of unbranched alkanes of at least 4 members (excludes halogenated alkanes) is 1. The van der Waals surface area contributed by atoms with Crippen LogP contribution >= 0.6 is 0 Å². The van der Waals surface area contributed by atoms with Gasteiger partial charge in [0.1, 0.15) is 5.75 Å². The molecule has 1 rings (SSSR count). The van der Waals surface area contributed by atoms with Gasteiger partial charge in [0.15, 0.2) is 0 Å². The molecule has 0 radical (unpaired) electrons. The first-order valence-electron chi connectivity index (χ1n) is 5.66. The Hall–Kier alpha value is 0.566. The van der Waals surface area contributed by atoms with Crippen LogP contribution in [0.4, 0.5) is 0 Å². The molecular formula is C12H17KO4S. The second-order valence-electron chi connectivity index (χ2n) is 3.81. The monoisotopic (exact) mass is 296 g/mol. The summed E-state index contributed by atoms with van der Waals surface area (Å²) in [6.07, 6.45) is 1.90. The van der Waals surface area contributed by atoms with Gasteiger partial charge in [-0.25, -0.2) is 8.42 Å². The van der Waals surface area contributed by atoms with Crippen LogP contribution in [0.5, 0.6) is 5.75 Å². The molecule has 4 nitrogen and oxygen atoms in total. The number of rotatable bonds is 7. The Morgan fingerprint density at radius 3 is 2.28 bits per heavy atom. The van der Waals surface area contributed by atoms with Crippen LogP contribution in [-0.4, -0.2) is 25.3 Å². The molecule has 0 N–H and O–H groups in total. The van der Waals surface area contributed by atoms with Crippen LogP contribution in [0.15, 0.2) is 24.3 Å². The molecule has 0 fully saturated rings. The van der Waals surface area contributed by atoms with E-state index < -0.39 is 10.1 Å². The normalized spacial score (nSPS) is 10.8. The summed E-state index contributed by atoms with van der Waals surface area (Å²) in [4.78, 5) is 0. The molecule has 0 bridgehead atoms. The van der Waals surface area contributed by atoms with E-state index >= 15 is 0 Å². The zero-order valence-corrected chi connectivity index (χ0v) is 14.8. The fourth-order valence-corrected chi connectivity index (χ4v) is 1.95. The molecule has 1 aromatic carbocycles. The van der Waals surface area contributed by atoms with Crippen molar-refractivity contribution < 1.29 is 69.1 Å². The maximum Gasteiger partial charge on any atom is 1.00 e. The minimum atomic E-state index is -4.08. The first-order valence-corrected chi connectivity index (χ1v) is 7.24. The van der Waals surface area contributed by atoms with Crippen molar-refractivity contribution in [1.82, 2.24) is 0 Å². The summed E-state index contributed by atoms with van der Waals surface area (Å²) >= 11 is 0. The van der Waals surface area contributed by atoms with Gasteiger partial charge >= 0.3 is 51.4 Å². The largest absolute Gasteiger partial charge is 1.00 e. The third-order valence-corrected chi connectivity index (χ3v) is 3.18. The van der Waals surface area contributed by atoms with E-state index in [0.29, 0.717) is 19.4 Å². The van der Waals surface area contributed by atoms with E-state index in [0.717, 1.165) is 12.2 Å². The Labute approximate surface area is 151 Å². The zero-order chi connectivity index (χ0) is 12.7. The van der Waals surface area contributed by atoms with Crippen LogP contribution in [0.2, 0.25) is 0 Å². The number of ether oxygens (including phenoxy) is 1. The minimum absolute atomic E-state index is 0. The van der Waals surface area contributed by atoms with E-state index in [2.05, 4.69) is 6.92 Å². The molecule has 0 amide bonds. The van der Waals surface area contributed by atoms with Gasteiger partial charge < -0.3 is 9.29 Å². The van der Waals surface area contributed by atoms with Crippen molar-refractivity contribution in [2.45, 2.75) is 26.2 Å². The van der Waals surface area contributed by atoms with Gasteiger partial charge in [0.05, 0.1) is 16.7 Å². The van der Waals surface area contributed by atoms with Crippen molar-refractivity contribution in [1.29, 1.82) is 0 Å². The van der Waals surface area contributed by atoms with E-state index in [9.17, 15) is 13.0 Å². The summed E-state index contributed by atoms with van der Waals surface area (Å²) in [5.74, 6) is 0.456. The Morgan fingerprint density at radius 2 is 1.78 bits per heavy atom. The fraction of sp³-hybridized carbons (Fsp3) is 0.500. The van der Waals surface area contributed by atoms with Crippen LogP contribution in [0.25, 0.3) is 0 Å². The second-order valence-corrected chi connectivity index (χ2v) is 5.34.